The number of likely N-dealkylation sites (N-methyl/N-ethyl adjacent to an activating group) is 1. The van der Waals surface area contributed by atoms with Crippen molar-refractivity contribution in [1.82, 2.24) is 14.4 Å². The van der Waals surface area contributed by atoms with E-state index in [1.807, 2.05) is 0 Å². The third kappa shape index (κ3) is 3.10. The average Bonchev–Trinajstić information content (AvgIpc) is 3.10. The standard InChI is InChI=1S/C26H34N4/c1-28(2)25(21-12-7-6-8-13-21)15-17-26(18-16-25,29(3)4)24(27)23-19-20-11-9-10-14-22(20)30(23)5/h6-14,19,27H,15-18H2,1-5H3. The van der Waals surface area contributed by atoms with Crippen LogP contribution in [-0.4, -0.2) is 53.8 Å². The van der Waals surface area contributed by atoms with Gasteiger partial charge in [0.15, 0.2) is 0 Å². The Morgan fingerprint density at radius 3 is 2.00 bits per heavy atom. The molecule has 0 saturated heterocycles. The third-order valence-corrected chi connectivity index (χ3v) is 7.60. The molecule has 4 rings (SSSR count). The number of hydrogen-bond acceptors (Lipinski definition) is 3. The largest absolute Gasteiger partial charge is 0.343 e. The average molecular weight is 403 g/mol. The summed E-state index contributed by atoms with van der Waals surface area (Å²) in [6.45, 7) is 0. The Balaban J connectivity index is 1.71. The molecular formula is C26H34N4. The molecule has 0 bridgehead atoms. The molecule has 30 heavy (non-hydrogen) atoms. The van der Waals surface area contributed by atoms with Crippen molar-refractivity contribution in [1.29, 1.82) is 5.41 Å². The highest BCUT2D eigenvalue weighted by atomic mass is 15.2. The predicted octanol–water partition coefficient (Wildman–Crippen LogP) is 4.88. The van der Waals surface area contributed by atoms with Gasteiger partial charge in [0, 0.05) is 23.5 Å². The van der Waals surface area contributed by atoms with Gasteiger partial charge < -0.3 is 9.98 Å². The minimum atomic E-state index is -0.254. The second-order valence-electron chi connectivity index (χ2n) is 9.24. The van der Waals surface area contributed by atoms with Gasteiger partial charge in [-0.25, -0.2) is 0 Å². The SMILES string of the molecule is CN(C)C1(C(=N)c2cc3ccccc3n2C)CCC(c2ccccc2)(N(C)C)CC1. The summed E-state index contributed by atoms with van der Waals surface area (Å²) in [4.78, 5) is 4.68. The van der Waals surface area contributed by atoms with Crippen molar-refractivity contribution in [3.05, 3.63) is 71.9 Å². The fraction of sp³-hybridized carbons (Fsp3) is 0.423. The molecule has 0 aliphatic heterocycles. The van der Waals surface area contributed by atoms with Crippen LogP contribution < -0.4 is 0 Å². The summed E-state index contributed by atoms with van der Waals surface area (Å²) < 4.78 is 2.19. The van der Waals surface area contributed by atoms with Crippen LogP contribution >= 0.6 is 0 Å². The number of nitrogens with zero attached hydrogens (tertiary/aromatic N) is 3. The van der Waals surface area contributed by atoms with E-state index < -0.39 is 0 Å². The molecule has 0 amide bonds. The molecule has 0 unspecified atom stereocenters. The zero-order valence-corrected chi connectivity index (χ0v) is 18.9. The lowest BCUT2D eigenvalue weighted by Crippen LogP contribution is -2.58. The fourth-order valence-electron chi connectivity index (χ4n) is 5.51. The molecule has 1 heterocycles. The van der Waals surface area contributed by atoms with E-state index in [4.69, 9.17) is 0 Å². The maximum absolute atomic E-state index is 9.34. The van der Waals surface area contributed by atoms with Gasteiger partial charge in [-0.15, -0.1) is 0 Å². The van der Waals surface area contributed by atoms with E-state index in [1.165, 1.54) is 16.5 Å². The second-order valence-corrected chi connectivity index (χ2v) is 9.24. The van der Waals surface area contributed by atoms with Gasteiger partial charge in [-0.3, -0.25) is 9.80 Å². The van der Waals surface area contributed by atoms with Crippen LogP contribution in [0.25, 0.3) is 10.9 Å². The van der Waals surface area contributed by atoms with Gasteiger partial charge in [0.1, 0.15) is 0 Å². The van der Waals surface area contributed by atoms with Crippen LogP contribution in [0, 0.1) is 5.41 Å². The second kappa shape index (κ2) is 7.68. The lowest BCUT2D eigenvalue weighted by Gasteiger charge is -2.52. The molecule has 2 aromatic carbocycles. The Bertz CT molecular complexity index is 1040. The lowest BCUT2D eigenvalue weighted by atomic mass is 9.66. The molecule has 3 aromatic rings. The number of fused-ring (bicyclic) bond motifs is 1. The number of rotatable bonds is 5. The van der Waals surface area contributed by atoms with E-state index in [0.717, 1.165) is 37.1 Å². The monoisotopic (exact) mass is 402 g/mol. The van der Waals surface area contributed by atoms with Crippen molar-refractivity contribution in [2.45, 2.75) is 36.8 Å². The summed E-state index contributed by atoms with van der Waals surface area (Å²) in [7, 11) is 10.8. The number of aromatic nitrogens is 1. The van der Waals surface area contributed by atoms with Crippen molar-refractivity contribution < 1.29 is 0 Å². The molecule has 4 nitrogen and oxygen atoms in total. The van der Waals surface area contributed by atoms with E-state index in [2.05, 4.69) is 110 Å². The summed E-state index contributed by atoms with van der Waals surface area (Å²) in [6, 6.07) is 21.5. The van der Waals surface area contributed by atoms with Gasteiger partial charge in [0.25, 0.3) is 0 Å². The first-order chi connectivity index (χ1) is 14.3. The van der Waals surface area contributed by atoms with Crippen LogP contribution in [0.2, 0.25) is 0 Å². The zero-order valence-electron chi connectivity index (χ0n) is 18.9. The van der Waals surface area contributed by atoms with Crippen molar-refractivity contribution in [2.24, 2.45) is 7.05 Å². The van der Waals surface area contributed by atoms with Crippen LogP contribution in [0.1, 0.15) is 36.9 Å². The summed E-state index contributed by atoms with van der Waals surface area (Å²) in [5, 5.41) is 10.5. The highest BCUT2D eigenvalue weighted by Gasteiger charge is 2.48. The zero-order chi connectivity index (χ0) is 21.5. The van der Waals surface area contributed by atoms with Crippen molar-refractivity contribution in [2.75, 3.05) is 28.2 Å². The van der Waals surface area contributed by atoms with Gasteiger partial charge in [-0.05, 0) is 71.6 Å². The molecule has 1 aromatic heterocycles. The van der Waals surface area contributed by atoms with E-state index in [9.17, 15) is 5.41 Å². The smallest absolute Gasteiger partial charge is 0.0753 e. The van der Waals surface area contributed by atoms with Gasteiger partial charge >= 0.3 is 0 Å². The quantitative estimate of drug-likeness (QED) is 0.618. The van der Waals surface area contributed by atoms with Gasteiger partial charge in [-0.2, -0.15) is 0 Å². The first-order valence-electron chi connectivity index (χ1n) is 10.9. The topological polar surface area (TPSA) is 35.3 Å². The Kier molecular flexibility index (Phi) is 5.33. The first kappa shape index (κ1) is 20.8. The van der Waals surface area contributed by atoms with E-state index >= 15 is 0 Å². The van der Waals surface area contributed by atoms with Gasteiger partial charge in [0.2, 0.25) is 0 Å². The fourth-order valence-corrected chi connectivity index (χ4v) is 5.51. The summed E-state index contributed by atoms with van der Waals surface area (Å²) >= 11 is 0. The predicted molar refractivity (Wildman–Crippen MR) is 126 cm³/mol. The minimum Gasteiger partial charge on any atom is -0.343 e. The summed E-state index contributed by atoms with van der Waals surface area (Å²) in [5.74, 6) is 0. The maximum atomic E-state index is 9.34. The number of hydrogen-bond donors (Lipinski definition) is 1. The van der Waals surface area contributed by atoms with Crippen LogP contribution in [0.4, 0.5) is 0 Å². The Morgan fingerprint density at radius 2 is 1.43 bits per heavy atom. The molecular weight excluding hydrogens is 368 g/mol. The third-order valence-electron chi connectivity index (χ3n) is 7.60. The van der Waals surface area contributed by atoms with Crippen molar-refractivity contribution in [3.63, 3.8) is 0 Å². The number of para-hydroxylation sites is 1. The molecule has 1 N–H and O–H groups in total. The molecule has 1 saturated carbocycles. The van der Waals surface area contributed by atoms with Crippen molar-refractivity contribution in [3.8, 4) is 0 Å². The number of benzene rings is 2. The van der Waals surface area contributed by atoms with Gasteiger partial charge in [-0.1, -0.05) is 48.5 Å². The molecule has 158 valence electrons. The molecule has 0 atom stereocenters. The van der Waals surface area contributed by atoms with Crippen LogP contribution in [0.5, 0.6) is 0 Å². The Labute approximate surface area is 180 Å². The molecule has 1 fully saturated rings. The van der Waals surface area contributed by atoms with Crippen molar-refractivity contribution >= 4 is 16.6 Å². The number of nitrogens with one attached hydrogen (secondary N) is 1. The minimum absolute atomic E-state index is 0.0278. The van der Waals surface area contributed by atoms with Crippen LogP contribution in [0.15, 0.2) is 60.7 Å². The maximum Gasteiger partial charge on any atom is 0.0753 e. The van der Waals surface area contributed by atoms with Crippen LogP contribution in [-0.2, 0) is 12.6 Å². The van der Waals surface area contributed by atoms with E-state index in [1.54, 1.807) is 0 Å². The van der Waals surface area contributed by atoms with Crippen LogP contribution in [0.3, 0.4) is 0 Å². The summed E-state index contributed by atoms with van der Waals surface area (Å²) in [6.07, 6.45) is 4.00. The molecule has 1 aliphatic rings. The van der Waals surface area contributed by atoms with Gasteiger partial charge in [0.05, 0.1) is 16.9 Å². The molecule has 4 heteroatoms. The highest BCUT2D eigenvalue weighted by Crippen LogP contribution is 2.47. The molecule has 0 spiro atoms. The first-order valence-corrected chi connectivity index (χ1v) is 10.9. The van der Waals surface area contributed by atoms with E-state index in [0.29, 0.717) is 0 Å². The van der Waals surface area contributed by atoms with E-state index in [-0.39, 0.29) is 11.1 Å². The normalized spacial score (nSPS) is 24.6. The molecule has 1 aliphatic carbocycles. The Hall–Kier alpha value is -2.43. The molecule has 0 radical (unpaired) electrons. The number of aryl methyl sites for hydroxylation is 1. The summed E-state index contributed by atoms with van der Waals surface area (Å²) in [5.41, 5.74) is 4.12. The highest BCUT2D eigenvalue weighted by molar-refractivity contribution is 6.07. The lowest BCUT2D eigenvalue weighted by molar-refractivity contribution is 0.0428. The Morgan fingerprint density at radius 1 is 0.833 bits per heavy atom.